The second kappa shape index (κ2) is 9.02. The molecule has 0 aliphatic heterocycles. The van der Waals surface area contributed by atoms with Gasteiger partial charge in [0.05, 0.1) is 6.61 Å². The van der Waals surface area contributed by atoms with E-state index in [1.165, 1.54) is 24.3 Å². The number of hydrogen-bond donors (Lipinski definition) is 2. The van der Waals surface area contributed by atoms with Crippen molar-refractivity contribution in [1.82, 2.24) is 0 Å². The summed E-state index contributed by atoms with van der Waals surface area (Å²) < 4.78 is 24.0. The first-order valence-corrected chi connectivity index (χ1v) is 8.47. The molecule has 0 unspecified atom stereocenters. The molecule has 0 aromatic heterocycles. The average Bonchev–Trinajstić information content (AvgIpc) is 2.61. The first-order valence-electron chi connectivity index (χ1n) is 8.47. The zero-order valence-corrected chi connectivity index (χ0v) is 15.2. The van der Waals surface area contributed by atoms with Crippen LogP contribution in [-0.2, 0) is 9.59 Å². The van der Waals surface area contributed by atoms with Crippen LogP contribution in [0.2, 0.25) is 0 Å². The van der Waals surface area contributed by atoms with Gasteiger partial charge in [-0.1, -0.05) is 0 Å². The van der Waals surface area contributed by atoms with Crippen LogP contribution in [0.1, 0.15) is 26.7 Å². The maximum atomic E-state index is 13.0. The predicted molar refractivity (Wildman–Crippen MR) is 98.5 cm³/mol. The number of carbonyl (C=O) groups excluding carboxylic acids is 1. The number of benzene rings is 2. The van der Waals surface area contributed by atoms with Crippen molar-refractivity contribution in [3.8, 4) is 11.5 Å². The summed E-state index contributed by atoms with van der Waals surface area (Å²) in [6.07, 6.45) is 0.472. The molecule has 2 N–H and O–H groups in total. The highest BCUT2D eigenvalue weighted by molar-refractivity contribution is 5.97. The van der Waals surface area contributed by atoms with Crippen LogP contribution >= 0.6 is 0 Å². The minimum Gasteiger partial charge on any atom is -0.494 e. The number of hydrogen-bond acceptors (Lipinski definition) is 4. The molecule has 0 bridgehead atoms. The van der Waals surface area contributed by atoms with Gasteiger partial charge in [-0.25, -0.2) is 4.39 Å². The number of amides is 1. The summed E-state index contributed by atoms with van der Waals surface area (Å²) >= 11 is 0. The van der Waals surface area contributed by atoms with Crippen molar-refractivity contribution in [2.24, 2.45) is 0 Å². The van der Waals surface area contributed by atoms with Crippen molar-refractivity contribution in [2.45, 2.75) is 32.3 Å². The third kappa shape index (κ3) is 6.62. The molecule has 0 heterocycles. The van der Waals surface area contributed by atoms with E-state index >= 15 is 0 Å². The topological polar surface area (TPSA) is 84.9 Å². The van der Waals surface area contributed by atoms with Gasteiger partial charge in [-0.05, 0) is 68.8 Å². The van der Waals surface area contributed by atoms with Crippen LogP contribution in [0.15, 0.2) is 48.5 Å². The molecule has 144 valence electrons. The van der Waals surface area contributed by atoms with E-state index in [-0.39, 0.29) is 18.1 Å². The lowest BCUT2D eigenvalue weighted by Gasteiger charge is -2.25. The summed E-state index contributed by atoms with van der Waals surface area (Å²) in [7, 11) is 0. The van der Waals surface area contributed by atoms with Crippen molar-refractivity contribution in [1.29, 1.82) is 0 Å². The molecular formula is C20H22FNO5. The molecule has 2 aromatic carbocycles. The van der Waals surface area contributed by atoms with Crippen LogP contribution in [0.5, 0.6) is 11.5 Å². The standard InChI is InChI=1S/C20H22FNO5/c1-20(2,27-17-9-5-14(21)6-10-17)19(25)22-15-7-11-16(12-8-15)26-13-3-4-18(23)24/h5-12H,3-4,13H2,1-2H3,(H,22,25)(H,23,24). The maximum absolute atomic E-state index is 13.0. The lowest BCUT2D eigenvalue weighted by Crippen LogP contribution is -2.42. The maximum Gasteiger partial charge on any atom is 0.303 e. The summed E-state index contributed by atoms with van der Waals surface area (Å²) in [4.78, 5) is 22.9. The molecule has 0 atom stereocenters. The van der Waals surface area contributed by atoms with Crippen LogP contribution in [0.4, 0.5) is 10.1 Å². The van der Waals surface area contributed by atoms with Gasteiger partial charge in [-0.2, -0.15) is 0 Å². The fraction of sp³-hybridized carbons (Fsp3) is 0.300. The number of carboxylic acid groups (broad SMARTS) is 1. The largest absolute Gasteiger partial charge is 0.494 e. The van der Waals surface area contributed by atoms with E-state index in [9.17, 15) is 14.0 Å². The third-order valence-electron chi connectivity index (χ3n) is 3.65. The molecular weight excluding hydrogens is 353 g/mol. The van der Waals surface area contributed by atoms with E-state index in [2.05, 4.69) is 5.32 Å². The molecule has 6 nitrogen and oxygen atoms in total. The first kappa shape index (κ1) is 20.2. The van der Waals surface area contributed by atoms with Crippen LogP contribution in [0.3, 0.4) is 0 Å². The molecule has 0 spiro atoms. The van der Waals surface area contributed by atoms with Gasteiger partial charge in [0.2, 0.25) is 0 Å². The SMILES string of the molecule is CC(C)(Oc1ccc(F)cc1)C(=O)Nc1ccc(OCCCC(=O)O)cc1. The van der Waals surface area contributed by atoms with Gasteiger partial charge >= 0.3 is 5.97 Å². The van der Waals surface area contributed by atoms with Crippen LogP contribution < -0.4 is 14.8 Å². The van der Waals surface area contributed by atoms with Crippen LogP contribution in [-0.4, -0.2) is 29.2 Å². The highest BCUT2D eigenvalue weighted by Gasteiger charge is 2.30. The Balaban J connectivity index is 1.88. The monoisotopic (exact) mass is 375 g/mol. The van der Waals surface area contributed by atoms with Gasteiger partial charge in [0.25, 0.3) is 5.91 Å². The normalized spacial score (nSPS) is 10.9. The number of halogens is 1. The number of aliphatic carboxylic acids is 1. The number of nitrogens with one attached hydrogen (secondary N) is 1. The van der Waals surface area contributed by atoms with E-state index < -0.39 is 11.6 Å². The summed E-state index contributed by atoms with van der Waals surface area (Å²) in [5, 5.41) is 11.3. The third-order valence-corrected chi connectivity index (χ3v) is 3.65. The van der Waals surface area contributed by atoms with Crippen molar-refractivity contribution >= 4 is 17.6 Å². The van der Waals surface area contributed by atoms with Crippen molar-refractivity contribution < 1.29 is 28.6 Å². The minimum atomic E-state index is -1.16. The first-order chi connectivity index (χ1) is 12.8. The summed E-state index contributed by atoms with van der Waals surface area (Å²) in [5.74, 6) is -0.624. The van der Waals surface area contributed by atoms with Gasteiger partial charge in [-0.3, -0.25) is 9.59 Å². The zero-order chi connectivity index (χ0) is 19.9. The van der Waals surface area contributed by atoms with Gasteiger partial charge in [0.1, 0.15) is 17.3 Å². The van der Waals surface area contributed by atoms with E-state index in [0.717, 1.165) is 0 Å². The van der Waals surface area contributed by atoms with Crippen molar-refractivity contribution in [3.05, 3.63) is 54.3 Å². The Bertz CT molecular complexity index is 772. The lowest BCUT2D eigenvalue weighted by atomic mass is 10.1. The molecule has 0 saturated heterocycles. The lowest BCUT2D eigenvalue weighted by molar-refractivity contribution is -0.137. The Hall–Kier alpha value is -3.09. The minimum absolute atomic E-state index is 0.0529. The average molecular weight is 375 g/mol. The highest BCUT2D eigenvalue weighted by atomic mass is 19.1. The van der Waals surface area contributed by atoms with Gasteiger partial charge in [0.15, 0.2) is 5.60 Å². The smallest absolute Gasteiger partial charge is 0.303 e. The molecule has 0 saturated carbocycles. The van der Waals surface area contributed by atoms with Gasteiger partial charge < -0.3 is 19.9 Å². The molecule has 1 amide bonds. The number of anilines is 1. The summed E-state index contributed by atoms with van der Waals surface area (Å²) in [6.45, 7) is 3.54. The van der Waals surface area contributed by atoms with Crippen molar-refractivity contribution in [3.63, 3.8) is 0 Å². The number of ether oxygens (including phenoxy) is 2. The van der Waals surface area contributed by atoms with Gasteiger partial charge in [-0.15, -0.1) is 0 Å². The van der Waals surface area contributed by atoms with E-state index in [1.54, 1.807) is 38.1 Å². The van der Waals surface area contributed by atoms with E-state index in [1.807, 2.05) is 0 Å². The number of carbonyl (C=O) groups is 2. The molecule has 0 aliphatic carbocycles. The Morgan fingerprint density at radius 3 is 2.22 bits per heavy atom. The molecule has 27 heavy (non-hydrogen) atoms. The number of rotatable bonds is 9. The zero-order valence-electron chi connectivity index (χ0n) is 15.2. The second-order valence-electron chi connectivity index (χ2n) is 6.39. The Kier molecular flexibility index (Phi) is 6.76. The van der Waals surface area contributed by atoms with Gasteiger partial charge in [0, 0.05) is 12.1 Å². The molecule has 7 heteroatoms. The second-order valence-corrected chi connectivity index (χ2v) is 6.39. The Morgan fingerprint density at radius 2 is 1.63 bits per heavy atom. The molecule has 2 rings (SSSR count). The molecule has 2 aromatic rings. The Morgan fingerprint density at radius 1 is 1.04 bits per heavy atom. The van der Waals surface area contributed by atoms with E-state index in [4.69, 9.17) is 14.6 Å². The predicted octanol–water partition coefficient (Wildman–Crippen LogP) is 3.87. The fourth-order valence-corrected chi connectivity index (χ4v) is 2.17. The Labute approximate surface area is 156 Å². The quantitative estimate of drug-likeness (QED) is 0.650. The fourth-order valence-electron chi connectivity index (χ4n) is 2.17. The molecule has 0 aliphatic rings. The molecule has 0 fully saturated rings. The van der Waals surface area contributed by atoms with Crippen LogP contribution in [0.25, 0.3) is 0 Å². The summed E-state index contributed by atoms with van der Waals surface area (Å²) in [5.41, 5.74) is -0.599. The van der Waals surface area contributed by atoms with E-state index in [0.29, 0.717) is 30.2 Å². The van der Waals surface area contributed by atoms with Crippen molar-refractivity contribution in [2.75, 3.05) is 11.9 Å². The summed E-state index contributed by atoms with van der Waals surface area (Å²) in [6, 6.07) is 12.2. The highest BCUT2D eigenvalue weighted by Crippen LogP contribution is 2.22. The molecule has 0 radical (unpaired) electrons. The van der Waals surface area contributed by atoms with Crippen LogP contribution in [0, 0.1) is 5.82 Å². The number of carboxylic acids is 1.